The van der Waals surface area contributed by atoms with Gasteiger partial charge in [0.05, 0.1) is 5.70 Å². The van der Waals surface area contributed by atoms with Crippen LogP contribution in [0.3, 0.4) is 0 Å². The predicted octanol–water partition coefficient (Wildman–Crippen LogP) is 0.148. The van der Waals surface area contributed by atoms with Crippen LogP contribution in [0.25, 0.3) is 0 Å². The van der Waals surface area contributed by atoms with Gasteiger partial charge in [0.1, 0.15) is 0 Å². The van der Waals surface area contributed by atoms with Gasteiger partial charge < -0.3 is 11.1 Å². The van der Waals surface area contributed by atoms with E-state index in [1.165, 1.54) is 0 Å². The van der Waals surface area contributed by atoms with Crippen LogP contribution < -0.4 is 11.1 Å². The molecule has 0 radical (unpaired) electrons. The molecule has 0 saturated carbocycles. The molecule has 3 N–H and O–H groups in total. The Hall–Kier alpha value is -1.32. The molecule has 0 aliphatic heterocycles. The van der Waals surface area contributed by atoms with Gasteiger partial charge in [0, 0.05) is 5.41 Å². The smallest absolute Gasteiger partial charge is 0.264 e. The van der Waals surface area contributed by atoms with Crippen molar-refractivity contribution in [3.63, 3.8) is 0 Å². The molecule has 0 aromatic rings. The minimum Gasteiger partial charge on any atom is -0.364 e. The molecular weight excluding hydrogens is 156 g/mol. The molecule has 0 aliphatic rings. The highest BCUT2D eigenvalue weighted by Gasteiger charge is 2.22. The van der Waals surface area contributed by atoms with Crippen molar-refractivity contribution in [2.75, 3.05) is 0 Å². The van der Waals surface area contributed by atoms with Gasteiger partial charge in [0.15, 0.2) is 0 Å². The molecule has 0 heterocycles. The van der Waals surface area contributed by atoms with Crippen molar-refractivity contribution in [1.29, 1.82) is 0 Å². The second-order valence-corrected chi connectivity index (χ2v) is 3.55. The Balaban J connectivity index is 4.21. The highest BCUT2D eigenvalue weighted by molar-refractivity contribution is 5.96. The van der Waals surface area contributed by atoms with Gasteiger partial charge in [-0.15, -0.1) is 0 Å². The molecule has 0 aromatic carbocycles. The Morgan fingerprint density at radius 3 is 2.00 bits per heavy atom. The number of nitrogens with two attached hydrogens (primary N) is 1. The predicted molar refractivity (Wildman–Crippen MR) is 45.9 cm³/mol. The van der Waals surface area contributed by atoms with Gasteiger partial charge >= 0.3 is 0 Å². The zero-order chi connectivity index (χ0) is 9.94. The Labute approximate surface area is 71.8 Å². The number of rotatable bonds is 2. The van der Waals surface area contributed by atoms with E-state index in [0.29, 0.717) is 0 Å². The number of carbonyl (C=O) groups is 2. The van der Waals surface area contributed by atoms with Gasteiger partial charge in [-0.1, -0.05) is 27.4 Å². The van der Waals surface area contributed by atoms with Crippen molar-refractivity contribution in [2.45, 2.75) is 20.8 Å². The minimum atomic E-state index is -0.715. The molecule has 0 aliphatic carbocycles. The zero-order valence-electron chi connectivity index (χ0n) is 7.60. The summed E-state index contributed by atoms with van der Waals surface area (Å²) in [7, 11) is 0. The first-order chi connectivity index (χ1) is 5.25. The fourth-order valence-corrected chi connectivity index (χ4v) is 0.386. The highest BCUT2D eigenvalue weighted by atomic mass is 16.2. The summed E-state index contributed by atoms with van der Waals surface area (Å²) in [6, 6.07) is 0. The Bertz CT molecular complexity index is 226. The van der Waals surface area contributed by atoms with Gasteiger partial charge in [0.25, 0.3) is 5.91 Å². The van der Waals surface area contributed by atoms with E-state index in [4.69, 9.17) is 5.73 Å². The lowest BCUT2D eigenvalue weighted by Gasteiger charge is -2.17. The molecule has 0 saturated heterocycles. The van der Waals surface area contributed by atoms with Crippen LogP contribution in [-0.4, -0.2) is 11.8 Å². The van der Waals surface area contributed by atoms with Crippen LogP contribution in [0.5, 0.6) is 0 Å². The maximum absolute atomic E-state index is 11.2. The Morgan fingerprint density at radius 2 is 1.75 bits per heavy atom. The summed E-state index contributed by atoms with van der Waals surface area (Å²) < 4.78 is 0. The van der Waals surface area contributed by atoms with Gasteiger partial charge in [-0.3, -0.25) is 9.59 Å². The first-order valence-electron chi connectivity index (χ1n) is 3.55. The average Bonchev–Trinajstić information content (AvgIpc) is 1.85. The largest absolute Gasteiger partial charge is 0.364 e. The van der Waals surface area contributed by atoms with Gasteiger partial charge in [-0.25, -0.2) is 0 Å². The monoisotopic (exact) mass is 170 g/mol. The molecule has 12 heavy (non-hydrogen) atoms. The summed E-state index contributed by atoms with van der Waals surface area (Å²) >= 11 is 0. The molecule has 0 rings (SSSR count). The molecule has 4 heteroatoms. The van der Waals surface area contributed by atoms with E-state index in [2.05, 4.69) is 11.9 Å². The van der Waals surface area contributed by atoms with Gasteiger partial charge in [0.2, 0.25) is 5.91 Å². The summed E-state index contributed by atoms with van der Waals surface area (Å²) in [4.78, 5) is 21.7. The first kappa shape index (κ1) is 10.7. The van der Waals surface area contributed by atoms with Crippen LogP contribution in [0.4, 0.5) is 0 Å². The molecule has 2 amide bonds. The number of carbonyl (C=O) groups excluding carboxylic acids is 2. The minimum absolute atomic E-state index is 0.0741. The van der Waals surface area contributed by atoms with E-state index in [-0.39, 0.29) is 11.6 Å². The second kappa shape index (κ2) is 3.38. The quantitative estimate of drug-likeness (QED) is 0.579. The molecule has 0 unspecified atom stereocenters. The zero-order valence-corrected chi connectivity index (χ0v) is 7.60. The Kier molecular flexibility index (Phi) is 3.01. The van der Waals surface area contributed by atoms with Crippen LogP contribution >= 0.6 is 0 Å². The van der Waals surface area contributed by atoms with Crippen LogP contribution in [-0.2, 0) is 9.59 Å². The van der Waals surface area contributed by atoms with Crippen molar-refractivity contribution in [3.8, 4) is 0 Å². The van der Waals surface area contributed by atoms with Crippen LogP contribution in [0.1, 0.15) is 20.8 Å². The van der Waals surface area contributed by atoms with Crippen molar-refractivity contribution in [3.05, 3.63) is 12.3 Å². The van der Waals surface area contributed by atoms with Crippen molar-refractivity contribution in [1.82, 2.24) is 5.32 Å². The van der Waals surface area contributed by atoms with Gasteiger partial charge in [-0.05, 0) is 0 Å². The first-order valence-corrected chi connectivity index (χ1v) is 3.55. The lowest BCUT2D eigenvalue weighted by Crippen LogP contribution is -2.37. The molecule has 0 atom stereocenters. The van der Waals surface area contributed by atoms with E-state index in [9.17, 15) is 9.59 Å². The van der Waals surface area contributed by atoms with E-state index in [1.54, 1.807) is 20.8 Å². The topological polar surface area (TPSA) is 72.2 Å². The summed E-state index contributed by atoms with van der Waals surface area (Å²) in [5.74, 6) is -0.987. The van der Waals surface area contributed by atoms with Crippen molar-refractivity contribution >= 4 is 11.8 Å². The third kappa shape index (κ3) is 3.18. The highest BCUT2D eigenvalue weighted by Crippen LogP contribution is 2.12. The number of amides is 2. The summed E-state index contributed by atoms with van der Waals surface area (Å²) in [6.45, 7) is 8.50. The molecule has 0 spiro atoms. The third-order valence-electron chi connectivity index (χ3n) is 1.24. The maximum atomic E-state index is 11.2. The standard InChI is InChI=1S/C8H14N2O2/c1-5(6(9)11)10-7(12)8(2,3)4/h1H2,2-4H3,(H2,9,11)(H,10,12). The molecule has 0 fully saturated rings. The lowest BCUT2D eigenvalue weighted by atomic mass is 9.95. The Morgan fingerprint density at radius 1 is 1.33 bits per heavy atom. The van der Waals surface area contributed by atoms with E-state index >= 15 is 0 Å². The second-order valence-electron chi connectivity index (χ2n) is 3.55. The lowest BCUT2D eigenvalue weighted by molar-refractivity contribution is -0.129. The van der Waals surface area contributed by atoms with Gasteiger partial charge in [-0.2, -0.15) is 0 Å². The molecule has 68 valence electrons. The van der Waals surface area contributed by atoms with Crippen molar-refractivity contribution < 1.29 is 9.59 Å². The number of primary amides is 1. The van der Waals surface area contributed by atoms with E-state index in [0.717, 1.165) is 0 Å². The van der Waals surface area contributed by atoms with E-state index < -0.39 is 11.3 Å². The number of hydrogen-bond acceptors (Lipinski definition) is 2. The summed E-state index contributed by atoms with van der Waals surface area (Å²) in [5.41, 5.74) is 4.26. The fourth-order valence-electron chi connectivity index (χ4n) is 0.386. The summed E-state index contributed by atoms with van der Waals surface area (Å²) in [5, 5.41) is 2.31. The summed E-state index contributed by atoms with van der Waals surface area (Å²) in [6.07, 6.45) is 0. The van der Waals surface area contributed by atoms with E-state index in [1.807, 2.05) is 0 Å². The third-order valence-corrected chi connectivity index (χ3v) is 1.24. The SMILES string of the molecule is C=C(NC(=O)C(C)(C)C)C(N)=O. The maximum Gasteiger partial charge on any atom is 0.264 e. The number of nitrogens with one attached hydrogen (secondary N) is 1. The van der Waals surface area contributed by atoms with Crippen LogP contribution in [0.15, 0.2) is 12.3 Å². The fraction of sp³-hybridized carbons (Fsp3) is 0.500. The normalized spacial score (nSPS) is 10.6. The molecule has 4 nitrogen and oxygen atoms in total. The van der Waals surface area contributed by atoms with Crippen LogP contribution in [0.2, 0.25) is 0 Å². The number of hydrogen-bond donors (Lipinski definition) is 2. The molecular formula is C8H14N2O2. The molecule has 0 bridgehead atoms. The average molecular weight is 170 g/mol. The van der Waals surface area contributed by atoms with Crippen molar-refractivity contribution in [2.24, 2.45) is 11.1 Å². The molecule has 0 aromatic heterocycles. The van der Waals surface area contributed by atoms with Crippen LogP contribution in [0, 0.1) is 5.41 Å².